The molecule has 0 radical (unpaired) electrons. The maximum atomic E-state index is 5.40. The van der Waals surface area contributed by atoms with Gasteiger partial charge in [0, 0.05) is 10.2 Å². The van der Waals surface area contributed by atoms with E-state index in [0.717, 1.165) is 27.2 Å². The molecule has 2 aromatic rings. The second-order valence-corrected chi connectivity index (χ2v) is 6.05. The first-order valence-corrected chi connectivity index (χ1v) is 8.38. The fourth-order valence-electron chi connectivity index (χ4n) is 1.85. The molecule has 0 unspecified atom stereocenters. The van der Waals surface area contributed by atoms with E-state index >= 15 is 0 Å². The monoisotopic (exact) mass is 391 g/mol. The van der Waals surface area contributed by atoms with E-state index < -0.39 is 0 Å². The molecule has 0 atom stereocenters. The highest BCUT2D eigenvalue weighted by Gasteiger charge is 2.00. The van der Waals surface area contributed by atoms with Crippen LogP contribution in [-0.4, -0.2) is 17.4 Å². The van der Waals surface area contributed by atoms with Gasteiger partial charge in [0.2, 0.25) is 0 Å². The van der Waals surface area contributed by atoms with Crippen molar-refractivity contribution in [2.75, 3.05) is 11.9 Å². The predicted octanol–water partition coefficient (Wildman–Crippen LogP) is 4.56. The zero-order valence-corrected chi connectivity index (χ0v) is 15.4. The average Bonchev–Trinajstić information content (AvgIpc) is 2.55. The number of hydrazone groups is 1. The smallest absolute Gasteiger partial charge is 0.191 e. The number of ether oxygens (including phenoxy) is 1. The van der Waals surface area contributed by atoms with Crippen LogP contribution in [0.5, 0.6) is 5.75 Å². The van der Waals surface area contributed by atoms with Gasteiger partial charge >= 0.3 is 0 Å². The van der Waals surface area contributed by atoms with Crippen molar-refractivity contribution in [1.29, 1.82) is 0 Å². The van der Waals surface area contributed by atoms with Crippen LogP contribution in [0.25, 0.3) is 0 Å². The summed E-state index contributed by atoms with van der Waals surface area (Å²) < 4.78 is 6.44. The zero-order chi connectivity index (χ0) is 16.7. The molecule has 6 heteroatoms. The van der Waals surface area contributed by atoms with Gasteiger partial charge in [-0.2, -0.15) is 5.10 Å². The summed E-state index contributed by atoms with van der Waals surface area (Å²) in [5.74, 6) is 0.834. The highest BCUT2D eigenvalue weighted by Crippen LogP contribution is 2.15. The van der Waals surface area contributed by atoms with E-state index in [1.165, 1.54) is 0 Å². The molecule has 2 aromatic carbocycles. The number of rotatable bonds is 5. The van der Waals surface area contributed by atoms with Crippen LogP contribution in [0.1, 0.15) is 19.4 Å². The first-order valence-electron chi connectivity index (χ1n) is 7.18. The Kier molecular flexibility index (Phi) is 6.55. The summed E-state index contributed by atoms with van der Waals surface area (Å²) >= 11 is 8.65. The first kappa shape index (κ1) is 17.4. The molecule has 2 rings (SSSR count). The quantitative estimate of drug-likeness (QED) is 0.445. The van der Waals surface area contributed by atoms with Gasteiger partial charge in [-0.3, -0.25) is 5.43 Å². The van der Waals surface area contributed by atoms with Crippen LogP contribution < -0.4 is 15.5 Å². The highest BCUT2D eigenvalue weighted by molar-refractivity contribution is 9.10. The van der Waals surface area contributed by atoms with Crippen molar-refractivity contribution in [2.45, 2.75) is 13.8 Å². The molecular weight excluding hydrogens is 374 g/mol. The lowest BCUT2D eigenvalue weighted by molar-refractivity contribution is 0.340. The van der Waals surface area contributed by atoms with E-state index in [2.05, 4.69) is 31.8 Å². The second kappa shape index (κ2) is 8.64. The number of anilines is 1. The molecule has 0 spiro atoms. The lowest BCUT2D eigenvalue weighted by Crippen LogP contribution is -2.24. The lowest BCUT2D eigenvalue weighted by Gasteiger charge is -2.09. The van der Waals surface area contributed by atoms with Crippen molar-refractivity contribution in [1.82, 2.24) is 5.43 Å². The number of nitrogens with zero attached hydrogens (tertiary/aromatic N) is 1. The average molecular weight is 392 g/mol. The van der Waals surface area contributed by atoms with Crippen molar-refractivity contribution in [3.05, 3.63) is 58.6 Å². The summed E-state index contributed by atoms with van der Waals surface area (Å²) in [6.45, 7) is 4.53. The Balaban J connectivity index is 1.91. The highest BCUT2D eigenvalue weighted by atomic mass is 79.9. The summed E-state index contributed by atoms with van der Waals surface area (Å²) in [6, 6.07) is 15.5. The molecule has 0 bridgehead atoms. The van der Waals surface area contributed by atoms with Crippen LogP contribution in [0.2, 0.25) is 0 Å². The standard InChI is InChI=1S/C17H18BrN3OS/c1-3-22-16-10-8-15(9-11-16)19-17(23)21-20-12(2)13-4-6-14(18)7-5-13/h4-11H,3H2,1-2H3,(H2,19,21,23). The summed E-state index contributed by atoms with van der Waals surface area (Å²) in [7, 11) is 0. The van der Waals surface area contributed by atoms with Gasteiger partial charge in [0.1, 0.15) is 5.75 Å². The maximum Gasteiger partial charge on any atom is 0.191 e. The summed E-state index contributed by atoms with van der Waals surface area (Å²) in [5, 5.41) is 7.80. The van der Waals surface area contributed by atoms with Gasteiger partial charge in [-0.1, -0.05) is 28.1 Å². The molecule has 0 aliphatic heterocycles. The molecule has 0 aliphatic carbocycles. The molecule has 0 amide bonds. The van der Waals surface area contributed by atoms with E-state index in [1.807, 2.05) is 62.4 Å². The van der Waals surface area contributed by atoms with Gasteiger partial charge in [0.25, 0.3) is 0 Å². The fraction of sp³-hybridized carbons (Fsp3) is 0.176. The minimum atomic E-state index is 0.436. The van der Waals surface area contributed by atoms with Crippen LogP contribution in [0.3, 0.4) is 0 Å². The van der Waals surface area contributed by atoms with Crippen molar-refractivity contribution < 1.29 is 4.74 Å². The van der Waals surface area contributed by atoms with E-state index in [1.54, 1.807) is 0 Å². The van der Waals surface area contributed by atoms with Gasteiger partial charge in [0.15, 0.2) is 5.11 Å². The molecule has 0 saturated heterocycles. The minimum absolute atomic E-state index is 0.436. The first-order chi connectivity index (χ1) is 11.1. The molecule has 120 valence electrons. The molecule has 0 aromatic heterocycles. The van der Waals surface area contributed by atoms with Crippen molar-refractivity contribution in [3.63, 3.8) is 0 Å². The van der Waals surface area contributed by atoms with Crippen LogP contribution >= 0.6 is 28.1 Å². The normalized spacial score (nSPS) is 11.0. The number of nitrogens with one attached hydrogen (secondary N) is 2. The van der Waals surface area contributed by atoms with Crippen molar-refractivity contribution in [3.8, 4) is 5.75 Å². The largest absolute Gasteiger partial charge is 0.494 e. The van der Waals surface area contributed by atoms with E-state index in [0.29, 0.717) is 11.7 Å². The number of hydrogen-bond donors (Lipinski definition) is 2. The second-order valence-electron chi connectivity index (χ2n) is 4.73. The van der Waals surface area contributed by atoms with Gasteiger partial charge in [-0.05, 0) is 68.0 Å². The summed E-state index contributed by atoms with van der Waals surface area (Å²) in [6.07, 6.45) is 0. The summed E-state index contributed by atoms with van der Waals surface area (Å²) in [5.41, 5.74) is 5.61. The third-order valence-corrected chi connectivity index (χ3v) is 3.73. The van der Waals surface area contributed by atoms with E-state index in [4.69, 9.17) is 17.0 Å². The van der Waals surface area contributed by atoms with E-state index in [9.17, 15) is 0 Å². The molecular formula is C17H18BrN3OS. The Morgan fingerprint density at radius 1 is 1.13 bits per heavy atom. The number of halogens is 1. The molecule has 0 fully saturated rings. The topological polar surface area (TPSA) is 45.6 Å². The van der Waals surface area contributed by atoms with Crippen molar-refractivity contribution >= 4 is 44.7 Å². The Hall–Kier alpha value is -1.92. The van der Waals surface area contributed by atoms with Gasteiger partial charge < -0.3 is 10.1 Å². The fourth-order valence-corrected chi connectivity index (χ4v) is 2.28. The van der Waals surface area contributed by atoms with Gasteiger partial charge in [-0.25, -0.2) is 0 Å². The Bertz CT molecular complexity index is 684. The van der Waals surface area contributed by atoms with Crippen LogP contribution in [0.15, 0.2) is 58.1 Å². The summed E-state index contributed by atoms with van der Waals surface area (Å²) in [4.78, 5) is 0. The van der Waals surface area contributed by atoms with E-state index in [-0.39, 0.29) is 0 Å². The SMILES string of the molecule is CCOc1ccc(NC(=S)NN=C(C)c2ccc(Br)cc2)cc1. The molecule has 0 saturated carbocycles. The third-order valence-electron chi connectivity index (χ3n) is 3.01. The number of benzene rings is 2. The Morgan fingerprint density at radius 2 is 1.78 bits per heavy atom. The molecule has 4 nitrogen and oxygen atoms in total. The number of thiocarbonyl (C=S) groups is 1. The molecule has 23 heavy (non-hydrogen) atoms. The van der Waals surface area contributed by atoms with Crippen LogP contribution in [-0.2, 0) is 0 Å². The number of hydrogen-bond acceptors (Lipinski definition) is 3. The maximum absolute atomic E-state index is 5.40. The van der Waals surface area contributed by atoms with Crippen LogP contribution in [0.4, 0.5) is 5.69 Å². The predicted molar refractivity (Wildman–Crippen MR) is 103 cm³/mol. The van der Waals surface area contributed by atoms with Crippen LogP contribution in [0, 0.1) is 0 Å². The lowest BCUT2D eigenvalue weighted by atomic mass is 10.1. The third kappa shape index (κ3) is 5.65. The molecule has 0 heterocycles. The Morgan fingerprint density at radius 3 is 2.39 bits per heavy atom. The van der Waals surface area contributed by atoms with Gasteiger partial charge in [0.05, 0.1) is 12.3 Å². The Labute approximate surface area is 150 Å². The van der Waals surface area contributed by atoms with Gasteiger partial charge in [-0.15, -0.1) is 0 Å². The molecule has 2 N–H and O–H groups in total. The zero-order valence-electron chi connectivity index (χ0n) is 13.0. The minimum Gasteiger partial charge on any atom is -0.494 e. The van der Waals surface area contributed by atoms with Crippen molar-refractivity contribution in [2.24, 2.45) is 5.10 Å². The molecule has 0 aliphatic rings.